The van der Waals surface area contributed by atoms with Gasteiger partial charge >= 0.3 is 18.1 Å². The Kier molecular flexibility index (Phi) is 26.6. The summed E-state index contributed by atoms with van der Waals surface area (Å²) in [5, 5.41) is 16.4. The Morgan fingerprint density at radius 3 is 1.13 bits per heavy atom. The zero-order chi connectivity index (χ0) is 47.8. The van der Waals surface area contributed by atoms with E-state index in [4.69, 9.17) is 9.90 Å². The molecule has 4 fully saturated rings. The predicted molar refractivity (Wildman–Crippen MR) is 287 cm³/mol. The summed E-state index contributed by atoms with van der Waals surface area (Å²) in [5.74, 6) is 6.23. The van der Waals surface area contributed by atoms with Crippen LogP contribution in [0.5, 0.6) is 0 Å². The van der Waals surface area contributed by atoms with Crippen LogP contribution in [0.4, 0.5) is 13.2 Å². The van der Waals surface area contributed by atoms with Crippen molar-refractivity contribution >= 4 is 36.7 Å². The van der Waals surface area contributed by atoms with Crippen molar-refractivity contribution in [1.29, 1.82) is 0 Å². The molecule has 0 amide bonds. The molecule has 6 aliphatic rings. The molecule has 2 unspecified atom stereocenters. The number of hydrogen-bond donors (Lipinski definition) is 2. The second-order valence-corrected chi connectivity index (χ2v) is 27.0. The molecule has 0 bridgehead atoms. The van der Waals surface area contributed by atoms with E-state index in [1.807, 2.05) is 6.07 Å². The Morgan fingerprint density at radius 1 is 0.515 bits per heavy atom. The van der Waals surface area contributed by atoms with Gasteiger partial charge in [-0.15, -0.1) is 0 Å². The van der Waals surface area contributed by atoms with Crippen LogP contribution in [0.25, 0.3) is 0 Å². The van der Waals surface area contributed by atoms with Gasteiger partial charge in [0.05, 0.1) is 5.56 Å². The number of halogens is 4. The molecular weight excluding hydrogens is 938 g/mol. The minimum Gasteiger partial charge on any atom is -0.478 e. The highest BCUT2D eigenvalue weighted by molar-refractivity contribution is 9.10. The number of carbonyl (C=O) groups is 2. The largest absolute Gasteiger partial charge is 0.490 e. The Labute approximate surface area is 423 Å². The van der Waals surface area contributed by atoms with Crippen molar-refractivity contribution in [2.75, 3.05) is 0 Å². The topological polar surface area (TPSA) is 74.6 Å². The molecule has 2 aromatic rings. The highest BCUT2D eigenvalue weighted by Gasteiger charge is 2.39. The van der Waals surface area contributed by atoms with Gasteiger partial charge in [-0.2, -0.15) is 13.2 Å². The first kappa shape index (κ1) is 60.2. The molecule has 8 rings (SSSR count). The van der Waals surface area contributed by atoms with Gasteiger partial charge in [0.1, 0.15) is 0 Å². The molecule has 4 saturated carbocycles. The van der Waals surface area contributed by atoms with Crippen molar-refractivity contribution in [1.82, 2.24) is 0 Å². The summed E-state index contributed by atoms with van der Waals surface area (Å²) < 4.78 is 33.0. The zero-order valence-corrected chi connectivity index (χ0v) is 44.4. The summed E-state index contributed by atoms with van der Waals surface area (Å²) in [5.41, 5.74) is 6.41. The molecule has 388 valence electrons. The van der Waals surface area contributed by atoms with E-state index < -0.39 is 18.1 Å². The van der Waals surface area contributed by atoms with Crippen molar-refractivity contribution in [3.63, 3.8) is 0 Å². The fraction of sp³-hybridized carbons (Fsp3) is 0.763. The van der Waals surface area contributed by atoms with Gasteiger partial charge in [0.25, 0.3) is 0 Å². The predicted octanol–water partition coefficient (Wildman–Crippen LogP) is 18.3. The number of alkyl halides is 3. The molecule has 0 aliphatic heterocycles. The number of fused-ring (bicyclic) bond motifs is 2. The number of rotatable bonds is 12. The molecule has 0 heterocycles. The van der Waals surface area contributed by atoms with E-state index in [9.17, 15) is 23.1 Å². The van der Waals surface area contributed by atoms with Crippen molar-refractivity contribution in [3.05, 3.63) is 68.7 Å². The smallest absolute Gasteiger partial charge is 0.478 e. The summed E-state index contributed by atoms with van der Waals surface area (Å²) in [6.45, 7) is 11.7. The number of benzene rings is 2. The van der Waals surface area contributed by atoms with Gasteiger partial charge in [-0.3, -0.25) is 0 Å². The summed E-state index contributed by atoms with van der Waals surface area (Å²) in [6.07, 6.45) is 29.5. The van der Waals surface area contributed by atoms with Crippen LogP contribution in [0.1, 0.15) is 211 Å². The van der Waals surface area contributed by atoms with Crippen LogP contribution >= 0.6 is 15.9 Å². The quantitative estimate of drug-likeness (QED) is 0.208. The van der Waals surface area contributed by atoms with Gasteiger partial charge in [-0.05, 0) is 208 Å². The number of carboxylic acids is 2. The normalized spacial score (nSPS) is 28.6. The summed E-state index contributed by atoms with van der Waals surface area (Å²) in [7, 11) is -0.171. The summed E-state index contributed by atoms with van der Waals surface area (Å²) in [6, 6.07) is 17.2. The summed E-state index contributed by atoms with van der Waals surface area (Å²) >= 11 is 3.65. The fourth-order valence-electron chi connectivity index (χ4n) is 13.8. The van der Waals surface area contributed by atoms with Crippen molar-refractivity contribution in [2.45, 2.75) is 228 Å². The maximum absolute atomic E-state index is 11.2. The first-order valence-corrected chi connectivity index (χ1v) is 30.3. The van der Waals surface area contributed by atoms with E-state index in [0.29, 0.717) is 5.56 Å². The number of aromatic carboxylic acids is 1. The SMILES string of the molecule is C.C.CCCC1CCC(C2CCC(C3Cc4ccc(Br)cc4C3)CC2)CC1.CCCC1CCC(C2CCC(C3Cc4ccc(C(=O)O)cc4C3)CC2)CC1.CC[SiH](CC)CC.O=C(O)C(F)(F)F. The first-order chi connectivity index (χ1) is 31.6. The van der Waals surface area contributed by atoms with Gasteiger partial charge in [0.15, 0.2) is 0 Å². The van der Waals surface area contributed by atoms with Crippen LogP contribution in [0, 0.1) is 59.2 Å². The Hall–Kier alpha value is -2.13. The molecule has 0 aromatic heterocycles. The Morgan fingerprint density at radius 2 is 0.824 bits per heavy atom. The minimum atomic E-state index is -5.08. The lowest BCUT2D eigenvalue weighted by atomic mass is 9.67. The van der Waals surface area contributed by atoms with Crippen molar-refractivity contribution in [3.8, 4) is 0 Å². The molecule has 6 aliphatic carbocycles. The highest BCUT2D eigenvalue weighted by atomic mass is 79.9. The van der Waals surface area contributed by atoms with Crippen LogP contribution in [-0.2, 0) is 30.5 Å². The second-order valence-electron chi connectivity index (χ2n) is 21.9. The molecule has 2 aromatic carbocycles. The minimum absolute atomic E-state index is 0. The maximum atomic E-state index is 11.2. The van der Waals surface area contributed by atoms with E-state index in [-0.39, 0.29) is 23.7 Å². The lowest BCUT2D eigenvalue weighted by molar-refractivity contribution is -0.192. The second kappa shape index (κ2) is 30.0. The molecule has 4 nitrogen and oxygen atoms in total. The van der Waals surface area contributed by atoms with Crippen molar-refractivity contribution in [2.24, 2.45) is 59.2 Å². The molecular formula is C59H96BrF3O4Si. The van der Waals surface area contributed by atoms with Gasteiger partial charge in [0, 0.05) is 13.3 Å². The monoisotopic (exact) mass is 1030 g/mol. The van der Waals surface area contributed by atoms with Gasteiger partial charge in [-0.25, -0.2) is 9.59 Å². The average Bonchev–Trinajstić information content (AvgIpc) is 3.95. The van der Waals surface area contributed by atoms with Gasteiger partial charge < -0.3 is 10.2 Å². The highest BCUT2D eigenvalue weighted by Crippen LogP contribution is 2.48. The maximum Gasteiger partial charge on any atom is 0.490 e. The first-order valence-electron chi connectivity index (χ1n) is 27.1. The molecule has 0 saturated heterocycles. The summed E-state index contributed by atoms with van der Waals surface area (Å²) in [4.78, 5) is 20.1. The van der Waals surface area contributed by atoms with Crippen LogP contribution in [0.15, 0.2) is 40.9 Å². The van der Waals surface area contributed by atoms with E-state index in [1.54, 1.807) is 30.0 Å². The van der Waals surface area contributed by atoms with Gasteiger partial charge in [0.2, 0.25) is 0 Å². The zero-order valence-electron chi connectivity index (χ0n) is 41.6. The van der Waals surface area contributed by atoms with Crippen LogP contribution in [0.3, 0.4) is 0 Å². The molecule has 2 atom stereocenters. The number of hydrogen-bond acceptors (Lipinski definition) is 2. The number of carboxylic acid groups (broad SMARTS) is 2. The van der Waals surface area contributed by atoms with Crippen LogP contribution in [0.2, 0.25) is 18.1 Å². The third-order valence-electron chi connectivity index (χ3n) is 18.0. The van der Waals surface area contributed by atoms with E-state index in [1.165, 1.54) is 169 Å². The third-order valence-corrected chi connectivity index (χ3v) is 22.0. The Balaban J connectivity index is 0.000000276. The number of aliphatic carboxylic acids is 1. The van der Waals surface area contributed by atoms with Gasteiger partial charge in [-0.1, -0.05) is 147 Å². The molecule has 0 spiro atoms. The van der Waals surface area contributed by atoms with E-state index >= 15 is 0 Å². The lowest BCUT2D eigenvalue weighted by Crippen LogP contribution is -2.28. The lowest BCUT2D eigenvalue weighted by Gasteiger charge is -2.39. The van der Waals surface area contributed by atoms with E-state index in [0.717, 1.165) is 65.6 Å². The van der Waals surface area contributed by atoms with Crippen LogP contribution in [-0.4, -0.2) is 37.1 Å². The Bertz CT molecular complexity index is 1740. The van der Waals surface area contributed by atoms with Crippen molar-refractivity contribution < 1.29 is 33.0 Å². The van der Waals surface area contributed by atoms with E-state index in [2.05, 4.69) is 74.8 Å². The molecule has 0 radical (unpaired) electrons. The average molecular weight is 1030 g/mol. The fourth-order valence-corrected chi connectivity index (χ4v) is 16.0. The van der Waals surface area contributed by atoms with Crippen LogP contribution < -0.4 is 0 Å². The molecule has 9 heteroatoms. The third kappa shape index (κ3) is 18.2. The molecule has 68 heavy (non-hydrogen) atoms. The standard InChI is InChI=1S/C25H36O2.C24H35Br.C6H16Si.C2HF3O2.2CH4/c1-2-3-17-4-6-18(7-5-17)19-8-10-20(11-9-19)23-14-21-12-13-22(25(26)27)15-24(21)16-23;1-2-3-17-4-6-18(7-5-17)19-8-10-20(11-9-19)22-14-21-12-13-24(25)16-23(21)15-22;1-4-7(5-2)6-3;3-2(4,5)1(6)7;;/h12-13,15,17-20,23H,2-11,14,16H2,1H3,(H,26,27);12-13,16-20,22H,2-11,14-15H2,1H3;7H,4-6H2,1-3H3;(H,6,7);2*1H4. The molecule has 2 N–H and O–H groups in total.